The predicted molar refractivity (Wildman–Crippen MR) is 169 cm³/mol. The summed E-state index contributed by atoms with van der Waals surface area (Å²) < 4.78 is 0. The van der Waals surface area contributed by atoms with Crippen LogP contribution in [0.15, 0.2) is 109 Å². The van der Waals surface area contributed by atoms with Crippen LogP contribution in [0.25, 0.3) is 11.1 Å². The fourth-order valence-electron chi connectivity index (χ4n) is 6.78. The van der Waals surface area contributed by atoms with E-state index >= 15 is 0 Å². The lowest BCUT2D eigenvalue weighted by atomic mass is 9.70. The number of aromatic hydroxyl groups is 2. The molecule has 0 atom stereocenters. The molecule has 0 saturated heterocycles. The minimum atomic E-state index is -0.466. The average molecular weight is 539 g/mol. The molecule has 1 aliphatic rings. The van der Waals surface area contributed by atoms with Crippen LogP contribution in [0.1, 0.15) is 79.1 Å². The van der Waals surface area contributed by atoms with Gasteiger partial charge in [0.05, 0.1) is 0 Å². The molecule has 0 radical (unpaired) electrons. The van der Waals surface area contributed by atoms with Crippen molar-refractivity contribution in [1.82, 2.24) is 0 Å². The van der Waals surface area contributed by atoms with Crippen LogP contribution < -0.4 is 0 Å². The highest BCUT2D eigenvalue weighted by atomic mass is 16.3. The fourth-order valence-corrected chi connectivity index (χ4v) is 6.78. The van der Waals surface area contributed by atoms with Crippen LogP contribution >= 0.6 is 0 Å². The third kappa shape index (κ3) is 4.08. The lowest BCUT2D eigenvalue weighted by molar-refractivity contribution is 0.453. The maximum atomic E-state index is 11.6. The number of rotatable bonds is 5. The quantitative estimate of drug-likeness (QED) is 0.234. The fraction of sp³-hybridized carbons (Fsp3) is 0.231. The molecule has 0 aliphatic heterocycles. The van der Waals surface area contributed by atoms with Gasteiger partial charge < -0.3 is 10.2 Å². The summed E-state index contributed by atoms with van der Waals surface area (Å²) in [7, 11) is 0. The van der Waals surface area contributed by atoms with Gasteiger partial charge in [0.2, 0.25) is 0 Å². The molecule has 6 rings (SSSR count). The summed E-state index contributed by atoms with van der Waals surface area (Å²) in [6.45, 7) is 13.2. The molecule has 5 aromatic carbocycles. The van der Waals surface area contributed by atoms with E-state index in [1.165, 1.54) is 38.9 Å². The van der Waals surface area contributed by atoms with Gasteiger partial charge in [-0.05, 0) is 82.1 Å². The Kier molecular flexibility index (Phi) is 6.15. The molecule has 1 aliphatic carbocycles. The van der Waals surface area contributed by atoms with Crippen LogP contribution in [0.2, 0.25) is 0 Å². The summed E-state index contributed by atoms with van der Waals surface area (Å²) in [4.78, 5) is 0. The Balaban J connectivity index is 1.44. The first-order chi connectivity index (χ1) is 19.5. The first kappa shape index (κ1) is 26.9. The number of aryl methyl sites for hydroxylation is 1. The summed E-state index contributed by atoms with van der Waals surface area (Å²) in [5, 5.41) is 21.3. The molecule has 0 amide bonds. The van der Waals surface area contributed by atoms with E-state index in [0.29, 0.717) is 5.75 Å². The molecule has 206 valence electrons. The van der Waals surface area contributed by atoms with Gasteiger partial charge in [-0.15, -0.1) is 0 Å². The maximum Gasteiger partial charge on any atom is 0.122 e. The van der Waals surface area contributed by atoms with E-state index in [2.05, 4.69) is 120 Å². The van der Waals surface area contributed by atoms with Crippen LogP contribution in [0.3, 0.4) is 0 Å². The highest BCUT2D eigenvalue weighted by Gasteiger charge is 2.43. The molecule has 2 nitrogen and oxygen atoms in total. The van der Waals surface area contributed by atoms with Gasteiger partial charge in [-0.25, -0.2) is 0 Å². The third-order valence-corrected chi connectivity index (χ3v) is 9.70. The molecule has 2 heteroatoms. The Labute approximate surface area is 244 Å². The summed E-state index contributed by atoms with van der Waals surface area (Å²) in [5.74, 6) is 0.646. The molecule has 41 heavy (non-hydrogen) atoms. The zero-order valence-corrected chi connectivity index (χ0v) is 24.8. The maximum absolute atomic E-state index is 11.6. The number of fused-ring (bicyclic) bond motifs is 3. The Morgan fingerprint density at radius 1 is 0.512 bits per heavy atom. The summed E-state index contributed by atoms with van der Waals surface area (Å²) in [6, 6.07) is 38.0. The van der Waals surface area contributed by atoms with Gasteiger partial charge in [0.1, 0.15) is 11.5 Å². The molecule has 5 aromatic rings. The standard InChI is InChI=1S/C39H38O2/c1-25-23-29(38(4,5)27-17-15-26(16-18-27)37(2,3)28-19-21-30(40)22-20-28)24-35(36(25)41)39(6)33-13-9-7-11-31(33)32-12-8-10-14-34(32)39/h7-24,40-41H,1-6H3. The summed E-state index contributed by atoms with van der Waals surface area (Å²) in [5.41, 5.74) is 10.6. The topological polar surface area (TPSA) is 40.5 Å². The van der Waals surface area contributed by atoms with Crippen molar-refractivity contribution in [2.75, 3.05) is 0 Å². The molecular formula is C39H38O2. The zero-order chi connectivity index (χ0) is 29.2. The first-order valence-corrected chi connectivity index (χ1v) is 14.4. The van der Waals surface area contributed by atoms with Crippen molar-refractivity contribution in [2.45, 2.75) is 57.8 Å². The normalized spacial score (nSPS) is 14.0. The largest absolute Gasteiger partial charge is 0.508 e. The van der Waals surface area contributed by atoms with Crippen molar-refractivity contribution < 1.29 is 10.2 Å². The van der Waals surface area contributed by atoms with Gasteiger partial charge in [0, 0.05) is 21.8 Å². The van der Waals surface area contributed by atoms with Crippen molar-refractivity contribution in [3.63, 3.8) is 0 Å². The molecule has 0 saturated carbocycles. The van der Waals surface area contributed by atoms with Gasteiger partial charge >= 0.3 is 0 Å². The van der Waals surface area contributed by atoms with Crippen LogP contribution in [-0.4, -0.2) is 10.2 Å². The molecule has 0 fully saturated rings. The number of hydrogen-bond acceptors (Lipinski definition) is 2. The van der Waals surface area contributed by atoms with E-state index in [9.17, 15) is 10.2 Å². The summed E-state index contributed by atoms with van der Waals surface area (Å²) in [6.07, 6.45) is 0. The van der Waals surface area contributed by atoms with Crippen molar-refractivity contribution in [3.8, 4) is 22.6 Å². The number of phenolic OH excluding ortho intramolecular Hbond substituents is 2. The molecular weight excluding hydrogens is 500 g/mol. The zero-order valence-electron chi connectivity index (χ0n) is 24.8. The van der Waals surface area contributed by atoms with Crippen LogP contribution in [-0.2, 0) is 16.2 Å². The smallest absolute Gasteiger partial charge is 0.122 e. The molecule has 0 aromatic heterocycles. The molecule has 0 heterocycles. The van der Waals surface area contributed by atoms with Gasteiger partial charge in [-0.2, -0.15) is 0 Å². The molecule has 2 N–H and O–H groups in total. The van der Waals surface area contributed by atoms with Gasteiger partial charge in [-0.1, -0.05) is 119 Å². The summed E-state index contributed by atoms with van der Waals surface area (Å²) >= 11 is 0. The average Bonchev–Trinajstić information content (AvgIpc) is 3.24. The second kappa shape index (κ2) is 9.38. The number of hydrogen-bond donors (Lipinski definition) is 2. The predicted octanol–water partition coefficient (Wildman–Crippen LogP) is 9.39. The lowest BCUT2D eigenvalue weighted by Gasteiger charge is -2.33. The van der Waals surface area contributed by atoms with E-state index in [-0.39, 0.29) is 16.6 Å². The van der Waals surface area contributed by atoms with Gasteiger partial charge in [0.25, 0.3) is 0 Å². The first-order valence-electron chi connectivity index (χ1n) is 14.4. The van der Waals surface area contributed by atoms with Crippen molar-refractivity contribution in [2.24, 2.45) is 0 Å². The van der Waals surface area contributed by atoms with E-state index in [1.54, 1.807) is 12.1 Å². The Morgan fingerprint density at radius 3 is 1.41 bits per heavy atom. The SMILES string of the molecule is Cc1cc(C(C)(C)c2ccc(C(C)(C)c3ccc(O)cc3)cc2)cc(C2(C)c3ccccc3-c3ccccc32)c1O. The molecule has 0 unspecified atom stereocenters. The van der Waals surface area contributed by atoms with Crippen molar-refractivity contribution >= 4 is 0 Å². The second-order valence-corrected chi connectivity index (χ2v) is 12.8. The van der Waals surface area contributed by atoms with E-state index in [1.807, 2.05) is 19.1 Å². The van der Waals surface area contributed by atoms with Crippen molar-refractivity contribution in [3.05, 3.63) is 154 Å². The Morgan fingerprint density at radius 2 is 0.927 bits per heavy atom. The van der Waals surface area contributed by atoms with Crippen LogP contribution in [0.4, 0.5) is 0 Å². The van der Waals surface area contributed by atoms with Crippen LogP contribution in [0, 0.1) is 6.92 Å². The third-order valence-electron chi connectivity index (χ3n) is 9.70. The monoisotopic (exact) mass is 538 g/mol. The Hall–Kier alpha value is -4.30. The van der Waals surface area contributed by atoms with E-state index in [0.717, 1.165) is 16.7 Å². The van der Waals surface area contributed by atoms with Crippen LogP contribution in [0.5, 0.6) is 11.5 Å². The minimum absolute atomic E-state index is 0.198. The van der Waals surface area contributed by atoms with E-state index < -0.39 is 5.41 Å². The van der Waals surface area contributed by atoms with Crippen molar-refractivity contribution in [1.29, 1.82) is 0 Å². The number of phenols is 2. The highest BCUT2D eigenvalue weighted by molar-refractivity contribution is 5.84. The van der Waals surface area contributed by atoms with Gasteiger partial charge in [0.15, 0.2) is 0 Å². The molecule has 0 spiro atoms. The number of benzene rings is 5. The second-order valence-electron chi connectivity index (χ2n) is 12.8. The van der Waals surface area contributed by atoms with E-state index in [4.69, 9.17) is 0 Å². The Bertz CT molecular complexity index is 1710. The van der Waals surface area contributed by atoms with Gasteiger partial charge in [-0.3, -0.25) is 0 Å². The lowest BCUT2D eigenvalue weighted by Crippen LogP contribution is -2.26. The molecule has 0 bridgehead atoms. The highest BCUT2D eigenvalue weighted by Crippen LogP contribution is 2.55. The minimum Gasteiger partial charge on any atom is -0.508 e.